The standard InChI is InChI=1S/C21H30N4O4/c1-24-17(12-26)20(23-25(24)2)16-9-10-18(19(22-16)13-5-3-6-13)29-15-8-4-7-14(11-15)21(27)28/h9-10,13-15,23,26H,3-8,11-12H2,1-2H3,(H,27,28)/t14-,15-/m0/s1. The van der Waals surface area contributed by atoms with Crippen LogP contribution in [0.2, 0.25) is 0 Å². The summed E-state index contributed by atoms with van der Waals surface area (Å²) in [6.07, 6.45) is 6.33. The van der Waals surface area contributed by atoms with Crippen molar-refractivity contribution in [3.05, 3.63) is 29.2 Å². The Hall–Kier alpha value is -2.32. The maximum Gasteiger partial charge on any atom is 0.306 e. The van der Waals surface area contributed by atoms with Crippen LogP contribution in [0.5, 0.6) is 5.75 Å². The molecule has 8 nitrogen and oxygen atoms in total. The van der Waals surface area contributed by atoms with E-state index in [1.165, 1.54) is 6.42 Å². The highest BCUT2D eigenvalue weighted by Crippen LogP contribution is 2.41. The van der Waals surface area contributed by atoms with Gasteiger partial charge < -0.3 is 14.9 Å². The van der Waals surface area contributed by atoms with E-state index in [1.54, 1.807) is 0 Å². The van der Waals surface area contributed by atoms with Crippen LogP contribution in [0.4, 0.5) is 0 Å². The van der Waals surface area contributed by atoms with E-state index in [1.807, 2.05) is 36.4 Å². The summed E-state index contributed by atoms with van der Waals surface area (Å²) >= 11 is 0. The molecule has 0 amide bonds. The summed E-state index contributed by atoms with van der Waals surface area (Å²) in [6.45, 7) is -0.0828. The van der Waals surface area contributed by atoms with Gasteiger partial charge in [-0.3, -0.25) is 15.2 Å². The Labute approximate surface area is 171 Å². The molecule has 1 aromatic heterocycles. The van der Waals surface area contributed by atoms with Crippen LogP contribution in [-0.4, -0.2) is 58.1 Å². The van der Waals surface area contributed by atoms with Crippen LogP contribution in [0.3, 0.4) is 0 Å². The topological polar surface area (TPSA) is 98.2 Å². The SMILES string of the molecule is CN1NC(c2ccc(O[C@H]3CCC[C@H](C(=O)O)C3)c(C3CCC3)n2)=C(CO)N1C. The van der Waals surface area contributed by atoms with Gasteiger partial charge in [-0.25, -0.2) is 4.98 Å². The number of pyridine rings is 1. The van der Waals surface area contributed by atoms with Gasteiger partial charge in [0, 0.05) is 20.0 Å². The monoisotopic (exact) mass is 402 g/mol. The van der Waals surface area contributed by atoms with E-state index in [0.717, 1.165) is 60.6 Å². The van der Waals surface area contributed by atoms with Crippen LogP contribution in [0, 0.1) is 5.92 Å². The Morgan fingerprint density at radius 3 is 2.66 bits per heavy atom. The average molecular weight is 402 g/mol. The molecule has 3 N–H and O–H groups in total. The molecule has 0 unspecified atom stereocenters. The number of hydrazine groups is 2. The normalized spacial score (nSPS) is 25.7. The number of hydrogen-bond donors (Lipinski definition) is 3. The molecule has 2 saturated carbocycles. The summed E-state index contributed by atoms with van der Waals surface area (Å²) in [6, 6.07) is 3.88. The van der Waals surface area contributed by atoms with E-state index in [0.29, 0.717) is 12.3 Å². The molecule has 0 bridgehead atoms. The summed E-state index contributed by atoms with van der Waals surface area (Å²) in [5.74, 6) is 0.105. The van der Waals surface area contributed by atoms with Gasteiger partial charge in [-0.2, -0.15) is 0 Å². The number of carboxylic acid groups (broad SMARTS) is 1. The number of ether oxygens (including phenoxy) is 1. The number of nitrogens with zero attached hydrogens (tertiary/aromatic N) is 3. The predicted octanol–water partition coefficient (Wildman–Crippen LogP) is 2.33. The number of aliphatic carboxylic acids is 1. The van der Waals surface area contributed by atoms with Gasteiger partial charge in [0.2, 0.25) is 0 Å². The van der Waals surface area contributed by atoms with Crippen LogP contribution in [0.15, 0.2) is 17.8 Å². The molecule has 8 heteroatoms. The fourth-order valence-electron chi connectivity index (χ4n) is 4.36. The minimum atomic E-state index is -0.727. The summed E-state index contributed by atoms with van der Waals surface area (Å²) < 4.78 is 6.30. The van der Waals surface area contributed by atoms with Crippen LogP contribution >= 0.6 is 0 Å². The first-order valence-corrected chi connectivity index (χ1v) is 10.5. The molecule has 158 valence electrons. The Bertz CT molecular complexity index is 808. The number of likely N-dealkylation sites (N-methyl/N-ethyl adjacent to an activating group) is 1. The fraction of sp³-hybridized carbons (Fsp3) is 0.619. The molecule has 4 rings (SSSR count). The first kappa shape index (κ1) is 20.0. The van der Waals surface area contributed by atoms with Gasteiger partial charge >= 0.3 is 5.97 Å². The van der Waals surface area contributed by atoms with Gasteiger partial charge in [-0.1, -0.05) is 6.42 Å². The highest BCUT2D eigenvalue weighted by molar-refractivity contribution is 5.70. The number of carboxylic acids is 1. The van der Waals surface area contributed by atoms with Crippen LogP contribution < -0.4 is 10.2 Å². The highest BCUT2D eigenvalue weighted by atomic mass is 16.5. The summed E-state index contributed by atoms with van der Waals surface area (Å²) in [5.41, 5.74) is 6.56. The molecule has 2 heterocycles. The van der Waals surface area contributed by atoms with E-state index in [9.17, 15) is 15.0 Å². The molecule has 29 heavy (non-hydrogen) atoms. The molecular weight excluding hydrogens is 372 g/mol. The second-order valence-corrected chi connectivity index (χ2v) is 8.29. The lowest BCUT2D eigenvalue weighted by atomic mass is 9.82. The van der Waals surface area contributed by atoms with E-state index in [-0.39, 0.29) is 18.6 Å². The quantitative estimate of drug-likeness (QED) is 0.667. The van der Waals surface area contributed by atoms with Gasteiger partial charge in [0.05, 0.1) is 41.4 Å². The largest absolute Gasteiger partial charge is 0.488 e. The van der Waals surface area contributed by atoms with Gasteiger partial charge in [0.25, 0.3) is 0 Å². The minimum absolute atomic E-state index is 0.0783. The zero-order valence-electron chi connectivity index (χ0n) is 17.1. The Morgan fingerprint density at radius 1 is 1.24 bits per heavy atom. The van der Waals surface area contributed by atoms with Gasteiger partial charge in [-0.05, 0) is 50.7 Å². The zero-order valence-corrected chi connectivity index (χ0v) is 17.1. The Balaban J connectivity index is 1.60. The maximum atomic E-state index is 11.4. The minimum Gasteiger partial charge on any atom is -0.488 e. The van der Waals surface area contributed by atoms with Crippen LogP contribution in [-0.2, 0) is 4.79 Å². The van der Waals surface area contributed by atoms with E-state index in [2.05, 4.69) is 5.43 Å². The van der Waals surface area contributed by atoms with Crippen LogP contribution in [0.25, 0.3) is 5.70 Å². The van der Waals surface area contributed by atoms with Crippen molar-refractivity contribution < 1.29 is 19.7 Å². The number of aliphatic hydroxyl groups excluding tert-OH is 1. The van der Waals surface area contributed by atoms with Crippen molar-refractivity contribution in [2.75, 3.05) is 20.7 Å². The molecule has 1 aromatic rings. The molecule has 2 aliphatic carbocycles. The molecule has 1 aliphatic heterocycles. The molecule has 2 atom stereocenters. The molecule has 3 aliphatic rings. The second-order valence-electron chi connectivity index (χ2n) is 8.29. The van der Waals surface area contributed by atoms with E-state index >= 15 is 0 Å². The number of nitrogens with one attached hydrogen (secondary N) is 1. The number of aromatic nitrogens is 1. The lowest BCUT2D eigenvalue weighted by Gasteiger charge is -2.31. The van der Waals surface area contributed by atoms with Crippen molar-refractivity contribution in [2.45, 2.75) is 57.0 Å². The third kappa shape index (κ3) is 3.91. The van der Waals surface area contributed by atoms with Gasteiger partial charge in [-0.15, -0.1) is 5.12 Å². The first-order chi connectivity index (χ1) is 14.0. The van der Waals surface area contributed by atoms with Crippen LogP contribution in [0.1, 0.15) is 62.3 Å². The molecule has 0 saturated heterocycles. The Morgan fingerprint density at radius 2 is 2.00 bits per heavy atom. The highest BCUT2D eigenvalue weighted by Gasteiger charge is 2.32. The van der Waals surface area contributed by atoms with Crippen molar-refractivity contribution >= 4 is 11.7 Å². The molecule has 0 radical (unpaired) electrons. The maximum absolute atomic E-state index is 11.4. The average Bonchev–Trinajstić information content (AvgIpc) is 2.96. The lowest BCUT2D eigenvalue weighted by Crippen LogP contribution is -2.37. The van der Waals surface area contributed by atoms with E-state index in [4.69, 9.17) is 9.72 Å². The third-order valence-electron chi connectivity index (χ3n) is 6.46. The number of rotatable bonds is 6. The second kappa shape index (κ2) is 8.20. The lowest BCUT2D eigenvalue weighted by molar-refractivity contribution is -0.143. The molecule has 0 aromatic carbocycles. The molecular formula is C21H30N4O4. The molecule has 2 fully saturated rings. The van der Waals surface area contributed by atoms with Gasteiger partial charge in [0.1, 0.15) is 5.75 Å². The van der Waals surface area contributed by atoms with Crippen molar-refractivity contribution in [1.29, 1.82) is 0 Å². The number of carbonyl (C=O) groups is 1. The van der Waals surface area contributed by atoms with Crippen molar-refractivity contribution in [3.63, 3.8) is 0 Å². The zero-order chi connectivity index (χ0) is 20.5. The predicted molar refractivity (Wildman–Crippen MR) is 108 cm³/mol. The fourth-order valence-corrected chi connectivity index (χ4v) is 4.36. The smallest absolute Gasteiger partial charge is 0.306 e. The summed E-state index contributed by atoms with van der Waals surface area (Å²) in [4.78, 5) is 16.3. The van der Waals surface area contributed by atoms with Crippen molar-refractivity contribution in [2.24, 2.45) is 5.92 Å². The Kier molecular flexibility index (Phi) is 5.65. The number of aliphatic hydroxyl groups is 1. The summed E-state index contributed by atoms with van der Waals surface area (Å²) in [5, 5.41) is 22.8. The summed E-state index contributed by atoms with van der Waals surface area (Å²) in [7, 11) is 3.77. The number of hydrogen-bond acceptors (Lipinski definition) is 7. The van der Waals surface area contributed by atoms with Crippen molar-refractivity contribution in [3.8, 4) is 5.75 Å². The molecule has 0 spiro atoms. The third-order valence-corrected chi connectivity index (χ3v) is 6.46. The first-order valence-electron chi connectivity index (χ1n) is 10.5. The van der Waals surface area contributed by atoms with Gasteiger partial charge in [0.15, 0.2) is 0 Å². The van der Waals surface area contributed by atoms with Crippen molar-refractivity contribution in [1.82, 2.24) is 20.5 Å². The van der Waals surface area contributed by atoms with E-state index < -0.39 is 5.97 Å².